The highest BCUT2D eigenvalue weighted by molar-refractivity contribution is 5.77. The van der Waals surface area contributed by atoms with E-state index in [1.807, 2.05) is 0 Å². The summed E-state index contributed by atoms with van der Waals surface area (Å²) < 4.78 is 96.9. The van der Waals surface area contributed by atoms with Crippen LogP contribution < -0.4 is 0 Å². The molecule has 0 amide bonds. The zero-order valence-electron chi connectivity index (χ0n) is 20.9. The van der Waals surface area contributed by atoms with Crippen molar-refractivity contribution in [2.24, 2.45) is 5.92 Å². The molecular formula is C29H34F6O. The molecule has 2 aliphatic rings. The topological polar surface area (TPSA) is 9.23 Å². The van der Waals surface area contributed by atoms with Crippen LogP contribution in [-0.2, 0) is 29.4 Å². The highest BCUT2D eigenvalue weighted by Gasteiger charge is 2.65. The molecule has 1 aliphatic heterocycles. The average Bonchev–Trinajstić information content (AvgIpc) is 2.84. The van der Waals surface area contributed by atoms with E-state index in [-0.39, 0.29) is 47.1 Å². The molecule has 198 valence electrons. The van der Waals surface area contributed by atoms with Crippen molar-refractivity contribution in [1.82, 2.24) is 0 Å². The van der Waals surface area contributed by atoms with Gasteiger partial charge in [0.15, 0.2) is 0 Å². The molecule has 0 spiro atoms. The Labute approximate surface area is 209 Å². The maximum absolute atomic E-state index is 15.4. The van der Waals surface area contributed by atoms with Crippen molar-refractivity contribution >= 4 is 0 Å². The maximum Gasteiger partial charge on any atom is 0.343 e. The summed E-state index contributed by atoms with van der Waals surface area (Å²) in [7, 11) is 0. The Hall–Kier alpha value is -2.02. The Morgan fingerprint density at radius 1 is 0.750 bits per heavy atom. The van der Waals surface area contributed by atoms with Crippen molar-refractivity contribution in [3.05, 3.63) is 58.2 Å². The van der Waals surface area contributed by atoms with Gasteiger partial charge in [-0.05, 0) is 66.7 Å². The molecule has 4 rings (SSSR count). The summed E-state index contributed by atoms with van der Waals surface area (Å²) in [5.41, 5.74) is -3.50. The maximum atomic E-state index is 15.4. The van der Waals surface area contributed by atoms with Crippen molar-refractivity contribution in [3.63, 3.8) is 0 Å². The number of fused-ring (bicyclic) bond motifs is 3. The van der Waals surface area contributed by atoms with Gasteiger partial charge in [0.2, 0.25) is 0 Å². The van der Waals surface area contributed by atoms with Gasteiger partial charge in [-0.15, -0.1) is 0 Å². The normalized spacial score (nSPS) is 22.2. The van der Waals surface area contributed by atoms with Crippen LogP contribution in [0.25, 0.3) is 11.1 Å². The minimum absolute atomic E-state index is 0.0270. The molecule has 2 aromatic carbocycles. The Bertz CT molecular complexity index is 1070. The number of aryl methyl sites for hydroxylation is 2. The lowest BCUT2D eigenvalue weighted by Gasteiger charge is -2.36. The molecule has 7 heteroatoms. The van der Waals surface area contributed by atoms with E-state index in [4.69, 9.17) is 4.74 Å². The van der Waals surface area contributed by atoms with Crippen LogP contribution in [-0.4, -0.2) is 12.7 Å². The lowest BCUT2D eigenvalue weighted by molar-refractivity contribution is -0.227. The molecular weight excluding hydrogens is 478 g/mol. The standard InChI is InChI=1S/C29H34F6O/c1-3-5-6-8-21-14-10-18(17-36-21)9-11-20-13-16-23-22-15-12-19(7-4-2)26(30)24(22)28(32,33)29(34,35)25(23)27(20)31/h12-13,15-16,18,21H,3-11,14,17H2,1-2H3. The van der Waals surface area contributed by atoms with E-state index < -0.39 is 34.6 Å². The van der Waals surface area contributed by atoms with Gasteiger partial charge in [0.25, 0.3) is 0 Å². The zero-order chi connectivity index (χ0) is 26.1. The van der Waals surface area contributed by atoms with Crippen molar-refractivity contribution in [1.29, 1.82) is 0 Å². The van der Waals surface area contributed by atoms with Gasteiger partial charge in [-0.2, -0.15) is 17.6 Å². The number of ether oxygens (including phenoxy) is 1. The van der Waals surface area contributed by atoms with E-state index >= 15 is 22.0 Å². The van der Waals surface area contributed by atoms with Gasteiger partial charge in [0.1, 0.15) is 11.6 Å². The number of hydrogen-bond donors (Lipinski definition) is 0. The van der Waals surface area contributed by atoms with E-state index in [0.717, 1.165) is 32.1 Å². The first-order valence-electron chi connectivity index (χ1n) is 13.1. The van der Waals surface area contributed by atoms with Crippen molar-refractivity contribution < 1.29 is 31.1 Å². The highest BCUT2D eigenvalue weighted by Crippen LogP contribution is 2.59. The summed E-state index contributed by atoms with van der Waals surface area (Å²) in [6, 6.07) is 5.13. The van der Waals surface area contributed by atoms with Gasteiger partial charge in [-0.3, -0.25) is 0 Å². The van der Waals surface area contributed by atoms with Gasteiger partial charge in [0.05, 0.1) is 17.2 Å². The van der Waals surface area contributed by atoms with E-state index in [2.05, 4.69) is 6.92 Å². The fourth-order valence-corrected chi connectivity index (χ4v) is 5.57. The van der Waals surface area contributed by atoms with Crippen LogP contribution in [0.3, 0.4) is 0 Å². The molecule has 1 aliphatic carbocycles. The summed E-state index contributed by atoms with van der Waals surface area (Å²) >= 11 is 0. The minimum atomic E-state index is -4.87. The molecule has 1 saturated heterocycles. The third-order valence-corrected chi connectivity index (χ3v) is 7.69. The smallest absolute Gasteiger partial charge is 0.343 e. The summed E-state index contributed by atoms with van der Waals surface area (Å²) in [5, 5.41) is 0. The molecule has 1 heterocycles. The molecule has 1 fully saturated rings. The first-order chi connectivity index (χ1) is 17.1. The SMILES string of the molecule is CCCCCC1CCC(CCc2ccc3c(c2F)C(F)(F)C(F)(F)c2c-3ccc(CCC)c2F)CO1. The summed E-state index contributed by atoms with van der Waals surface area (Å²) in [6.45, 7) is 4.42. The van der Waals surface area contributed by atoms with E-state index in [9.17, 15) is 4.39 Å². The van der Waals surface area contributed by atoms with Crippen LogP contribution in [0.4, 0.5) is 26.3 Å². The molecule has 2 unspecified atom stereocenters. The summed E-state index contributed by atoms with van der Waals surface area (Å²) in [4.78, 5) is 0. The Morgan fingerprint density at radius 3 is 1.83 bits per heavy atom. The fourth-order valence-electron chi connectivity index (χ4n) is 5.57. The predicted molar refractivity (Wildman–Crippen MR) is 129 cm³/mol. The van der Waals surface area contributed by atoms with Crippen LogP contribution in [0.2, 0.25) is 0 Å². The predicted octanol–water partition coefficient (Wildman–Crippen LogP) is 9.09. The first-order valence-corrected chi connectivity index (χ1v) is 13.1. The molecule has 1 nitrogen and oxygen atoms in total. The third-order valence-electron chi connectivity index (χ3n) is 7.69. The van der Waals surface area contributed by atoms with Gasteiger partial charge in [-0.1, -0.05) is 63.8 Å². The number of halogens is 6. The zero-order valence-corrected chi connectivity index (χ0v) is 20.9. The Morgan fingerprint density at radius 2 is 1.33 bits per heavy atom. The molecule has 36 heavy (non-hydrogen) atoms. The minimum Gasteiger partial charge on any atom is -0.378 e. The van der Waals surface area contributed by atoms with Gasteiger partial charge in [0, 0.05) is 6.61 Å². The van der Waals surface area contributed by atoms with Crippen LogP contribution in [0.5, 0.6) is 0 Å². The van der Waals surface area contributed by atoms with E-state index in [1.165, 1.54) is 30.7 Å². The Balaban J connectivity index is 1.57. The van der Waals surface area contributed by atoms with E-state index in [1.54, 1.807) is 6.92 Å². The third kappa shape index (κ3) is 4.80. The van der Waals surface area contributed by atoms with E-state index in [0.29, 0.717) is 19.4 Å². The lowest BCUT2D eigenvalue weighted by Crippen LogP contribution is -2.41. The van der Waals surface area contributed by atoms with Crippen LogP contribution in [0.15, 0.2) is 24.3 Å². The van der Waals surface area contributed by atoms with Crippen LogP contribution >= 0.6 is 0 Å². The number of hydrogen-bond acceptors (Lipinski definition) is 1. The second-order valence-corrected chi connectivity index (χ2v) is 10.3. The molecule has 2 aromatic rings. The fraction of sp³-hybridized carbons (Fsp3) is 0.586. The largest absolute Gasteiger partial charge is 0.378 e. The van der Waals surface area contributed by atoms with Crippen molar-refractivity contribution in [3.8, 4) is 11.1 Å². The second-order valence-electron chi connectivity index (χ2n) is 10.3. The van der Waals surface area contributed by atoms with Crippen molar-refractivity contribution in [2.45, 2.75) is 96.0 Å². The molecule has 0 radical (unpaired) electrons. The lowest BCUT2D eigenvalue weighted by atomic mass is 9.78. The number of unbranched alkanes of at least 4 members (excludes halogenated alkanes) is 2. The second kappa shape index (κ2) is 10.8. The Kier molecular flexibility index (Phi) is 8.08. The number of benzene rings is 2. The van der Waals surface area contributed by atoms with Gasteiger partial charge in [-0.25, -0.2) is 8.78 Å². The number of rotatable bonds is 9. The molecule has 2 atom stereocenters. The molecule has 0 aromatic heterocycles. The average molecular weight is 513 g/mol. The summed E-state index contributed by atoms with van der Waals surface area (Å²) in [5.74, 6) is -12.2. The molecule has 0 bridgehead atoms. The monoisotopic (exact) mass is 512 g/mol. The summed E-state index contributed by atoms with van der Waals surface area (Å²) in [6.07, 6.45) is 7.78. The van der Waals surface area contributed by atoms with Crippen LogP contribution in [0.1, 0.15) is 87.5 Å². The highest BCUT2D eigenvalue weighted by atomic mass is 19.3. The quantitative estimate of drug-likeness (QED) is 0.241. The number of alkyl halides is 4. The molecule has 0 saturated carbocycles. The molecule has 0 N–H and O–H groups in total. The van der Waals surface area contributed by atoms with Gasteiger partial charge >= 0.3 is 11.8 Å². The first kappa shape index (κ1) is 27.0. The van der Waals surface area contributed by atoms with Crippen molar-refractivity contribution in [2.75, 3.05) is 6.61 Å². The van der Waals surface area contributed by atoms with Gasteiger partial charge < -0.3 is 4.74 Å². The van der Waals surface area contributed by atoms with Crippen LogP contribution in [0, 0.1) is 17.6 Å².